The molecule has 0 aliphatic heterocycles. The molecule has 84 heavy (non-hydrogen) atoms. The lowest BCUT2D eigenvalue weighted by Gasteiger charge is -2.12. The summed E-state index contributed by atoms with van der Waals surface area (Å²) in [5.41, 5.74) is 2.98. The third-order valence-electron chi connectivity index (χ3n) is 10.4. The molecule has 0 saturated heterocycles. The molecule has 0 heterocycles. The Balaban J connectivity index is 2.20. The van der Waals surface area contributed by atoms with Gasteiger partial charge in [0, 0.05) is 0 Å². The standard InChI is InChI=1S/C57H108O27/c58-1-4-61-7-10-64-13-16-67-19-22-70-25-28-73-31-34-76-37-40-79-43-46-82-52-55-49-56(53-83-47-44-80-41-38-77-35-32-74-29-26-71-23-20-68-17-14-65-11-8-62-5-2-59)51-57(50-55)54-84-48-45-81-42-39-78-36-33-75-30-27-72-24-21-69-18-15-66-12-9-63-6-3-60/h49-51,58-60H,1-48,52-54H2. The zero-order valence-corrected chi connectivity index (χ0v) is 50.4. The summed E-state index contributed by atoms with van der Waals surface area (Å²) in [6, 6.07) is 6.21. The molecule has 27 nitrogen and oxygen atoms in total. The molecule has 27 heteroatoms. The molecule has 0 bridgehead atoms. The molecule has 1 rings (SSSR count). The first-order valence-electron chi connectivity index (χ1n) is 29.6. The molecule has 3 N–H and O–H groups in total. The van der Waals surface area contributed by atoms with Crippen LogP contribution in [0.1, 0.15) is 16.7 Å². The minimum absolute atomic E-state index is 0.00850. The van der Waals surface area contributed by atoms with Crippen molar-refractivity contribution in [2.45, 2.75) is 19.8 Å². The molecule has 1 aromatic carbocycles. The zero-order chi connectivity index (χ0) is 59.9. The van der Waals surface area contributed by atoms with Gasteiger partial charge in [0.15, 0.2) is 0 Å². The number of hydrogen-bond acceptors (Lipinski definition) is 27. The van der Waals surface area contributed by atoms with E-state index in [0.29, 0.717) is 317 Å². The number of rotatable bonds is 75. The number of benzene rings is 1. The predicted octanol–water partition coefficient (Wildman–Crippen LogP) is 0.562. The van der Waals surface area contributed by atoms with Crippen LogP contribution in [0.5, 0.6) is 0 Å². The van der Waals surface area contributed by atoms with Crippen LogP contribution in [0, 0.1) is 0 Å². The van der Waals surface area contributed by atoms with Gasteiger partial charge in [0.05, 0.1) is 337 Å². The topological polar surface area (TPSA) is 282 Å². The number of aliphatic hydroxyl groups excluding tert-OH is 3. The second-order valence-electron chi connectivity index (χ2n) is 17.3. The Bertz CT molecular complexity index is 1210. The average molecular weight is 1230 g/mol. The summed E-state index contributed by atoms with van der Waals surface area (Å²) in [6.45, 7) is 21.5. The monoisotopic (exact) mass is 1220 g/mol. The second-order valence-corrected chi connectivity index (χ2v) is 17.3. The fourth-order valence-corrected chi connectivity index (χ4v) is 6.47. The maximum atomic E-state index is 8.66. The van der Waals surface area contributed by atoms with E-state index >= 15 is 0 Å². The minimum atomic E-state index is 0.00850. The largest absolute Gasteiger partial charge is 0.394 e. The summed E-state index contributed by atoms with van der Waals surface area (Å²) in [5.74, 6) is 0. The highest BCUT2D eigenvalue weighted by Crippen LogP contribution is 2.14. The van der Waals surface area contributed by atoms with Gasteiger partial charge in [-0.1, -0.05) is 18.2 Å². The molecule has 1 aromatic rings. The first-order chi connectivity index (χ1) is 41.8. The van der Waals surface area contributed by atoms with Crippen molar-refractivity contribution in [3.63, 3.8) is 0 Å². The number of hydrogen-bond donors (Lipinski definition) is 3. The lowest BCUT2D eigenvalue weighted by Crippen LogP contribution is -2.15. The molecule has 0 aromatic heterocycles. The normalized spacial score (nSPS) is 11.8. The van der Waals surface area contributed by atoms with E-state index in [9.17, 15) is 0 Å². The van der Waals surface area contributed by atoms with Gasteiger partial charge in [-0.15, -0.1) is 0 Å². The van der Waals surface area contributed by atoms with E-state index in [-0.39, 0.29) is 19.8 Å². The lowest BCUT2D eigenvalue weighted by atomic mass is 10.1. The third-order valence-corrected chi connectivity index (χ3v) is 10.4. The number of ether oxygens (including phenoxy) is 24. The summed E-state index contributed by atoms with van der Waals surface area (Å²) in [7, 11) is 0. The SMILES string of the molecule is OCCOCCOCCOCCOCCOCCOCCOCCOCc1cc(COCCOCCOCCOCCOCCOCCOCCOCCO)cc(COCCOCCOCCOCCOCCOCCOCCOCCO)c1. The second kappa shape index (κ2) is 71.9. The van der Waals surface area contributed by atoms with Gasteiger partial charge in [-0.05, 0) is 16.7 Å². The molecule has 0 aliphatic carbocycles. The third kappa shape index (κ3) is 64.6. The van der Waals surface area contributed by atoms with E-state index in [1.165, 1.54) is 0 Å². The molecule has 0 saturated carbocycles. The van der Waals surface area contributed by atoms with Crippen molar-refractivity contribution in [1.82, 2.24) is 0 Å². The fourth-order valence-electron chi connectivity index (χ4n) is 6.47. The Morgan fingerprint density at radius 2 is 0.238 bits per heavy atom. The van der Waals surface area contributed by atoms with E-state index in [1.807, 2.05) is 0 Å². The average Bonchev–Trinajstić information content (AvgIpc) is 3.57. The highest BCUT2D eigenvalue weighted by atomic mass is 16.6. The molecule has 498 valence electrons. The molecular formula is C57H108O27. The van der Waals surface area contributed by atoms with Crippen LogP contribution in [0.4, 0.5) is 0 Å². The fraction of sp³-hybridized carbons (Fsp3) is 0.895. The minimum Gasteiger partial charge on any atom is -0.394 e. The van der Waals surface area contributed by atoms with E-state index in [4.69, 9.17) is 129 Å². The molecule has 0 aliphatic rings. The predicted molar refractivity (Wildman–Crippen MR) is 304 cm³/mol. The first-order valence-corrected chi connectivity index (χ1v) is 29.6. The summed E-state index contributed by atoms with van der Waals surface area (Å²) in [6.07, 6.45) is 0. The van der Waals surface area contributed by atoms with Crippen molar-refractivity contribution in [3.8, 4) is 0 Å². The van der Waals surface area contributed by atoms with E-state index in [2.05, 4.69) is 18.2 Å². The van der Waals surface area contributed by atoms with Gasteiger partial charge in [-0.25, -0.2) is 0 Å². The molecule has 0 atom stereocenters. The Hall–Kier alpha value is -1.86. The quantitative estimate of drug-likeness (QED) is 0.0752. The Morgan fingerprint density at radius 3 is 0.345 bits per heavy atom. The van der Waals surface area contributed by atoms with Crippen LogP contribution in [0.15, 0.2) is 18.2 Å². The Morgan fingerprint density at radius 1 is 0.143 bits per heavy atom. The van der Waals surface area contributed by atoms with Crippen molar-refractivity contribution in [2.24, 2.45) is 0 Å². The maximum absolute atomic E-state index is 8.66. The van der Waals surface area contributed by atoms with Crippen LogP contribution in [-0.2, 0) is 134 Å². The van der Waals surface area contributed by atoms with Gasteiger partial charge in [-0.3, -0.25) is 0 Å². The van der Waals surface area contributed by atoms with Crippen LogP contribution in [0.25, 0.3) is 0 Å². The van der Waals surface area contributed by atoms with Crippen molar-refractivity contribution < 1.29 is 129 Å². The van der Waals surface area contributed by atoms with E-state index < -0.39 is 0 Å². The Kier molecular flexibility index (Phi) is 68.6. The van der Waals surface area contributed by atoms with Crippen molar-refractivity contribution in [3.05, 3.63) is 34.9 Å². The molecule has 0 unspecified atom stereocenters. The smallest absolute Gasteiger partial charge is 0.0718 e. The van der Waals surface area contributed by atoms with Crippen LogP contribution >= 0.6 is 0 Å². The van der Waals surface area contributed by atoms with Crippen LogP contribution in [-0.4, -0.2) is 332 Å². The van der Waals surface area contributed by atoms with E-state index in [1.54, 1.807) is 0 Å². The molecule has 0 radical (unpaired) electrons. The molecular weight excluding hydrogens is 1120 g/mol. The highest BCUT2D eigenvalue weighted by Gasteiger charge is 2.06. The first kappa shape index (κ1) is 80.2. The van der Waals surface area contributed by atoms with Crippen molar-refractivity contribution in [2.75, 3.05) is 317 Å². The van der Waals surface area contributed by atoms with Gasteiger partial charge in [0.1, 0.15) is 0 Å². The van der Waals surface area contributed by atoms with Gasteiger partial charge < -0.3 is 129 Å². The van der Waals surface area contributed by atoms with Gasteiger partial charge in [0.2, 0.25) is 0 Å². The molecule has 0 spiro atoms. The van der Waals surface area contributed by atoms with Crippen LogP contribution in [0.3, 0.4) is 0 Å². The Labute approximate surface area is 499 Å². The zero-order valence-electron chi connectivity index (χ0n) is 50.4. The summed E-state index contributed by atoms with van der Waals surface area (Å²) < 4.78 is 133. The van der Waals surface area contributed by atoms with Gasteiger partial charge in [0.25, 0.3) is 0 Å². The van der Waals surface area contributed by atoms with E-state index in [0.717, 1.165) is 16.7 Å². The van der Waals surface area contributed by atoms with Crippen molar-refractivity contribution in [1.29, 1.82) is 0 Å². The summed E-state index contributed by atoms with van der Waals surface area (Å²) >= 11 is 0. The summed E-state index contributed by atoms with van der Waals surface area (Å²) in [5, 5.41) is 26.0. The lowest BCUT2D eigenvalue weighted by molar-refractivity contribution is -0.0244. The molecule has 0 fully saturated rings. The highest BCUT2D eigenvalue weighted by molar-refractivity contribution is 5.29. The van der Waals surface area contributed by atoms with Crippen LogP contribution in [0.2, 0.25) is 0 Å². The van der Waals surface area contributed by atoms with Gasteiger partial charge in [-0.2, -0.15) is 0 Å². The maximum Gasteiger partial charge on any atom is 0.0718 e. The van der Waals surface area contributed by atoms with Crippen molar-refractivity contribution >= 4 is 0 Å². The summed E-state index contributed by atoms with van der Waals surface area (Å²) in [4.78, 5) is 0. The molecule has 0 amide bonds. The van der Waals surface area contributed by atoms with Crippen LogP contribution < -0.4 is 0 Å². The van der Waals surface area contributed by atoms with Gasteiger partial charge >= 0.3 is 0 Å². The number of aliphatic hydroxyl groups is 3.